The Bertz CT molecular complexity index is 973. The average Bonchev–Trinajstić information content (AvgIpc) is 3.32. The Morgan fingerprint density at radius 2 is 2.00 bits per heavy atom. The molecule has 3 aromatic rings. The summed E-state index contributed by atoms with van der Waals surface area (Å²) in [4.78, 5) is 9.21. The number of pyridine rings is 1. The average molecular weight is 367 g/mol. The van der Waals surface area contributed by atoms with Gasteiger partial charge in [0.1, 0.15) is 0 Å². The molecular weight excluding hydrogens is 342 g/mol. The third-order valence-corrected chi connectivity index (χ3v) is 5.25. The molecule has 1 aliphatic carbocycles. The van der Waals surface area contributed by atoms with Crippen molar-refractivity contribution in [2.45, 2.75) is 59.4 Å². The number of rotatable bonds is 5. The van der Waals surface area contributed by atoms with Crippen molar-refractivity contribution in [2.75, 3.05) is 7.11 Å². The Morgan fingerprint density at radius 1 is 1.19 bits per heavy atom. The summed E-state index contributed by atoms with van der Waals surface area (Å²) in [6, 6.07) is 2.04. The fourth-order valence-electron chi connectivity index (χ4n) is 3.81. The smallest absolute Gasteiger partial charge is 0.279 e. The minimum Gasteiger partial charge on any atom is -0.481 e. The topological polar surface area (TPSA) is 78.9 Å². The lowest BCUT2D eigenvalue weighted by Crippen LogP contribution is -2.07. The fourth-order valence-corrected chi connectivity index (χ4v) is 3.81. The fraction of sp³-hybridized carbons (Fsp3) is 0.500. The summed E-state index contributed by atoms with van der Waals surface area (Å²) in [6.07, 6.45) is 5.30. The lowest BCUT2D eigenvalue weighted by Gasteiger charge is -2.12. The zero-order chi connectivity index (χ0) is 19.0. The van der Waals surface area contributed by atoms with Gasteiger partial charge < -0.3 is 9.26 Å². The molecule has 0 saturated carbocycles. The van der Waals surface area contributed by atoms with Gasteiger partial charge >= 0.3 is 0 Å². The largest absolute Gasteiger partial charge is 0.481 e. The van der Waals surface area contributed by atoms with E-state index in [1.807, 2.05) is 13.0 Å². The molecule has 0 aliphatic heterocycles. The quantitative estimate of drug-likeness (QED) is 0.683. The number of hydrogen-bond donors (Lipinski definition) is 0. The molecule has 0 unspecified atom stereocenters. The second kappa shape index (κ2) is 7.13. The van der Waals surface area contributed by atoms with E-state index in [4.69, 9.17) is 14.4 Å². The van der Waals surface area contributed by atoms with Gasteiger partial charge in [-0.2, -0.15) is 10.1 Å². The van der Waals surface area contributed by atoms with Gasteiger partial charge in [0.2, 0.25) is 11.7 Å². The number of nitrogens with zero attached hydrogens (tertiary/aromatic N) is 5. The number of fused-ring (bicyclic) bond motifs is 1. The van der Waals surface area contributed by atoms with Gasteiger partial charge in [0.05, 0.1) is 12.8 Å². The molecule has 0 spiro atoms. The first-order valence-electron chi connectivity index (χ1n) is 9.63. The Balaban J connectivity index is 1.76. The van der Waals surface area contributed by atoms with Crippen LogP contribution in [0.1, 0.15) is 49.2 Å². The molecule has 0 atom stereocenters. The summed E-state index contributed by atoms with van der Waals surface area (Å²) in [5.41, 5.74) is 6.12. The maximum atomic E-state index is 5.62. The molecule has 4 rings (SSSR count). The minimum absolute atomic E-state index is 0.489. The van der Waals surface area contributed by atoms with E-state index in [0.717, 1.165) is 48.3 Å². The first-order valence-corrected chi connectivity index (χ1v) is 9.63. The van der Waals surface area contributed by atoms with Crippen LogP contribution in [-0.4, -0.2) is 32.0 Å². The number of hydrogen-bond acceptors (Lipinski definition) is 6. The molecule has 0 radical (unpaired) electrons. The molecule has 0 saturated heterocycles. The van der Waals surface area contributed by atoms with Gasteiger partial charge in [-0.1, -0.05) is 12.1 Å². The second-order valence-corrected chi connectivity index (χ2v) is 6.86. The number of ether oxygens (including phenoxy) is 1. The van der Waals surface area contributed by atoms with Crippen LogP contribution in [-0.2, 0) is 25.8 Å². The summed E-state index contributed by atoms with van der Waals surface area (Å²) >= 11 is 0. The van der Waals surface area contributed by atoms with E-state index in [1.165, 1.54) is 24.1 Å². The lowest BCUT2D eigenvalue weighted by atomic mass is 9.95. The molecule has 0 fully saturated rings. The monoisotopic (exact) mass is 367 g/mol. The molecule has 0 N–H and O–H groups in total. The molecule has 142 valence electrons. The first kappa shape index (κ1) is 17.7. The van der Waals surface area contributed by atoms with Crippen LogP contribution >= 0.6 is 0 Å². The third kappa shape index (κ3) is 3.01. The van der Waals surface area contributed by atoms with Crippen LogP contribution in [0.4, 0.5) is 0 Å². The predicted molar refractivity (Wildman–Crippen MR) is 102 cm³/mol. The Hall–Kier alpha value is -2.70. The van der Waals surface area contributed by atoms with Crippen molar-refractivity contribution >= 4 is 0 Å². The van der Waals surface area contributed by atoms with Crippen molar-refractivity contribution in [2.24, 2.45) is 0 Å². The van der Waals surface area contributed by atoms with Gasteiger partial charge in [-0.3, -0.25) is 4.68 Å². The first-order chi connectivity index (χ1) is 13.2. The van der Waals surface area contributed by atoms with Crippen molar-refractivity contribution in [1.29, 1.82) is 0 Å². The summed E-state index contributed by atoms with van der Waals surface area (Å²) in [6.45, 7) is 6.97. The van der Waals surface area contributed by atoms with Crippen molar-refractivity contribution in [3.63, 3.8) is 0 Å². The Labute approximate surface area is 158 Å². The summed E-state index contributed by atoms with van der Waals surface area (Å²) in [5, 5.41) is 8.98. The van der Waals surface area contributed by atoms with Crippen molar-refractivity contribution in [3.05, 3.63) is 28.6 Å². The molecule has 27 heavy (non-hydrogen) atoms. The highest BCUT2D eigenvalue weighted by molar-refractivity contribution is 5.63. The molecular formula is C20H25N5O2. The van der Waals surface area contributed by atoms with Crippen molar-refractivity contribution in [3.8, 4) is 28.9 Å². The molecule has 0 bridgehead atoms. The van der Waals surface area contributed by atoms with Gasteiger partial charge in [-0.05, 0) is 52.0 Å². The molecule has 0 amide bonds. The highest BCUT2D eigenvalue weighted by atomic mass is 16.5. The van der Waals surface area contributed by atoms with Gasteiger partial charge in [-0.15, -0.1) is 0 Å². The normalized spacial score (nSPS) is 13.6. The van der Waals surface area contributed by atoms with Gasteiger partial charge in [0.15, 0.2) is 5.69 Å². The SMILES string of the molecule is CCc1cc(-c2noc(-c3nn(CC)c4c3CCCC4)n2)c(C)nc1OC. The van der Waals surface area contributed by atoms with E-state index in [0.29, 0.717) is 17.6 Å². The third-order valence-electron chi connectivity index (χ3n) is 5.25. The van der Waals surface area contributed by atoms with Gasteiger partial charge in [-0.25, -0.2) is 4.98 Å². The highest BCUT2D eigenvalue weighted by Gasteiger charge is 2.25. The number of aryl methyl sites for hydroxylation is 3. The number of methoxy groups -OCH3 is 1. The zero-order valence-corrected chi connectivity index (χ0v) is 16.4. The predicted octanol–water partition coefficient (Wildman–Crippen LogP) is 3.77. The van der Waals surface area contributed by atoms with Crippen LogP contribution in [0.3, 0.4) is 0 Å². The van der Waals surface area contributed by atoms with Gasteiger partial charge in [0, 0.05) is 28.9 Å². The molecule has 3 aromatic heterocycles. The van der Waals surface area contributed by atoms with E-state index in [-0.39, 0.29) is 0 Å². The second-order valence-electron chi connectivity index (χ2n) is 6.86. The maximum absolute atomic E-state index is 5.62. The molecule has 7 heteroatoms. The van der Waals surface area contributed by atoms with Crippen molar-refractivity contribution < 1.29 is 9.26 Å². The van der Waals surface area contributed by atoms with E-state index in [9.17, 15) is 0 Å². The Morgan fingerprint density at radius 3 is 2.74 bits per heavy atom. The summed E-state index contributed by atoms with van der Waals surface area (Å²) in [7, 11) is 1.64. The zero-order valence-electron chi connectivity index (χ0n) is 16.4. The van der Waals surface area contributed by atoms with Crippen molar-refractivity contribution in [1.82, 2.24) is 24.9 Å². The maximum Gasteiger partial charge on any atom is 0.279 e. The molecule has 0 aromatic carbocycles. The van der Waals surface area contributed by atoms with Crippen LogP contribution in [0.2, 0.25) is 0 Å². The minimum atomic E-state index is 0.489. The van der Waals surface area contributed by atoms with E-state index < -0.39 is 0 Å². The molecule has 1 aliphatic rings. The molecule has 7 nitrogen and oxygen atoms in total. The standard InChI is InChI=1S/C20H25N5O2/c1-5-13-11-15(12(3)21-19(13)26-4)18-22-20(27-24-18)17-14-9-7-8-10-16(14)25(6-2)23-17/h11H,5-10H2,1-4H3. The molecule has 3 heterocycles. The summed E-state index contributed by atoms with van der Waals surface area (Å²) < 4.78 is 13.1. The lowest BCUT2D eigenvalue weighted by molar-refractivity contribution is 0.392. The Kier molecular flexibility index (Phi) is 4.68. The van der Waals surface area contributed by atoms with Crippen LogP contribution in [0.15, 0.2) is 10.6 Å². The number of aromatic nitrogens is 5. The highest BCUT2D eigenvalue weighted by Crippen LogP contribution is 2.32. The van der Waals surface area contributed by atoms with E-state index >= 15 is 0 Å². The van der Waals surface area contributed by atoms with E-state index in [1.54, 1.807) is 7.11 Å². The van der Waals surface area contributed by atoms with Crippen LogP contribution in [0.5, 0.6) is 5.88 Å². The van der Waals surface area contributed by atoms with Crippen LogP contribution < -0.4 is 4.74 Å². The van der Waals surface area contributed by atoms with E-state index in [2.05, 4.69) is 33.7 Å². The van der Waals surface area contributed by atoms with Gasteiger partial charge in [0.25, 0.3) is 5.89 Å². The van der Waals surface area contributed by atoms with Crippen LogP contribution in [0.25, 0.3) is 23.0 Å². The summed E-state index contributed by atoms with van der Waals surface area (Å²) in [5.74, 6) is 1.69. The van der Waals surface area contributed by atoms with Crippen LogP contribution in [0, 0.1) is 6.92 Å².